The van der Waals surface area contributed by atoms with Crippen molar-refractivity contribution in [2.75, 3.05) is 18.9 Å². The van der Waals surface area contributed by atoms with Crippen LogP contribution in [0, 0.1) is 0 Å². The number of carbonyl (C=O) groups excluding carboxylic acids is 1. The summed E-state index contributed by atoms with van der Waals surface area (Å²) in [6.45, 7) is 1.77. The summed E-state index contributed by atoms with van der Waals surface area (Å²) < 4.78 is 0. The Morgan fingerprint density at radius 3 is 2.79 bits per heavy atom. The molecule has 1 aliphatic heterocycles. The summed E-state index contributed by atoms with van der Waals surface area (Å²) in [5, 5.41) is 9.52. The molecule has 148 valence electrons. The standard InChI is InChI=1S/C22H24N6O/c1-28(24)13-20(23)15-3-5-17-12-26-21(10-18(17)8-15)27-22(29)16-4-2-14-6-7-25-11-19(14)9-16/h2-5,8-10,12-13,25H,6-7,11,23-24H2,1H3,(H,26,27,29)/b20-13-. The second kappa shape index (κ2) is 7.90. The normalized spacial score (nSPS) is 13.8. The van der Waals surface area contributed by atoms with Crippen molar-refractivity contribution >= 4 is 28.2 Å². The fraction of sp³-hybridized carbons (Fsp3) is 0.182. The third kappa shape index (κ3) is 4.21. The van der Waals surface area contributed by atoms with Gasteiger partial charge in [-0.3, -0.25) is 4.79 Å². The van der Waals surface area contributed by atoms with Gasteiger partial charge in [0.25, 0.3) is 5.91 Å². The molecule has 0 atom stereocenters. The van der Waals surface area contributed by atoms with Gasteiger partial charge in [-0.1, -0.05) is 18.2 Å². The van der Waals surface area contributed by atoms with Crippen LogP contribution in [0.1, 0.15) is 27.0 Å². The molecule has 1 aliphatic rings. The SMILES string of the molecule is CN(N)/C=C(\N)c1ccc2cnc(NC(=O)c3ccc4c(c3)CNCC4)cc2c1. The smallest absolute Gasteiger partial charge is 0.256 e. The van der Waals surface area contributed by atoms with Gasteiger partial charge in [-0.15, -0.1) is 0 Å². The maximum absolute atomic E-state index is 12.7. The largest absolute Gasteiger partial charge is 0.397 e. The Kier molecular flexibility index (Phi) is 5.16. The highest BCUT2D eigenvalue weighted by Crippen LogP contribution is 2.22. The molecular formula is C22H24N6O. The molecule has 0 aliphatic carbocycles. The van der Waals surface area contributed by atoms with E-state index < -0.39 is 0 Å². The molecule has 0 unspecified atom stereocenters. The predicted octanol–water partition coefficient (Wildman–Crippen LogP) is 2.20. The first-order valence-electron chi connectivity index (χ1n) is 9.48. The third-order valence-corrected chi connectivity index (χ3v) is 4.99. The second-order valence-corrected chi connectivity index (χ2v) is 7.25. The molecule has 1 aromatic heterocycles. The summed E-state index contributed by atoms with van der Waals surface area (Å²) in [6, 6.07) is 13.5. The number of anilines is 1. The molecule has 7 nitrogen and oxygen atoms in total. The van der Waals surface area contributed by atoms with Crippen LogP contribution in [0.15, 0.2) is 54.9 Å². The topological polar surface area (TPSA) is 109 Å². The molecule has 3 aromatic rings. The Hall–Kier alpha value is -3.42. The van der Waals surface area contributed by atoms with Crippen molar-refractivity contribution in [1.29, 1.82) is 0 Å². The van der Waals surface area contributed by atoms with Gasteiger partial charge in [0.1, 0.15) is 5.82 Å². The molecule has 7 heteroatoms. The Morgan fingerprint density at radius 2 is 1.97 bits per heavy atom. The summed E-state index contributed by atoms with van der Waals surface area (Å²) in [4.78, 5) is 17.1. The first-order valence-corrected chi connectivity index (χ1v) is 9.48. The van der Waals surface area contributed by atoms with Crippen molar-refractivity contribution in [3.63, 3.8) is 0 Å². The molecule has 0 radical (unpaired) electrons. The maximum atomic E-state index is 12.7. The number of hydrazine groups is 1. The van der Waals surface area contributed by atoms with E-state index in [0.29, 0.717) is 17.1 Å². The van der Waals surface area contributed by atoms with E-state index in [2.05, 4.69) is 15.6 Å². The quantitative estimate of drug-likeness (QED) is 0.403. The molecule has 29 heavy (non-hydrogen) atoms. The lowest BCUT2D eigenvalue weighted by Crippen LogP contribution is -2.24. The van der Waals surface area contributed by atoms with Gasteiger partial charge < -0.3 is 21.4 Å². The van der Waals surface area contributed by atoms with Crippen LogP contribution >= 0.6 is 0 Å². The number of nitrogens with two attached hydrogens (primary N) is 2. The van der Waals surface area contributed by atoms with Gasteiger partial charge in [-0.2, -0.15) is 0 Å². The molecule has 4 rings (SSSR count). The van der Waals surface area contributed by atoms with Crippen molar-refractivity contribution in [3.8, 4) is 0 Å². The number of hydrogen-bond donors (Lipinski definition) is 4. The van der Waals surface area contributed by atoms with Crippen LogP contribution in [0.3, 0.4) is 0 Å². The monoisotopic (exact) mass is 388 g/mol. The van der Waals surface area contributed by atoms with E-state index in [1.165, 1.54) is 16.1 Å². The molecule has 2 heterocycles. The highest BCUT2D eigenvalue weighted by Gasteiger charge is 2.13. The zero-order valence-electron chi connectivity index (χ0n) is 16.3. The molecule has 0 saturated carbocycles. The van der Waals surface area contributed by atoms with Crippen molar-refractivity contribution in [1.82, 2.24) is 15.3 Å². The molecule has 0 saturated heterocycles. The maximum Gasteiger partial charge on any atom is 0.256 e. The van der Waals surface area contributed by atoms with Crippen LogP contribution in [0.4, 0.5) is 5.82 Å². The number of benzene rings is 2. The van der Waals surface area contributed by atoms with Crippen LogP contribution in [0.5, 0.6) is 0 Å². The van der Waals surface area contributed by atoms with Gasteiger partial charge in [-0.05, 0) is 59.3 Å². The van der Waals surface area contributed by atoms with Gasteiger partial charge in [0.05, 0.1) is 5.70 Å². The van der Waals surface area contributed by atoms with E-state index in [4.69, 9.17) is 11.6 Å². The molecule has 0 fully saturated rings. The summed E-state index contributed by atoms with van der Waals surface area (Å²) in [6.07, 6.45) is 4.37. The van der Waals surface area contributed by atoms with E-state index in [1.807, 2.05) is 42.5 Å². The second-order valence-electron chi connectivity index (χ2n) is 7.25. The van der Waals surface area contributed by atoms with Crippen LogP contribution in [0.25, 0.3) is 16.5 Å². The highest BCUT2D eigenvalue weighted by atomic mass is 16.1. The fourth-order valence-electron chi connectivity index (χ4n) is 3.49. The summed E-state index contributed by atoms with van der Waals surface area (Å²) in [5.74, 6) is 5.95. The number of hydrogen-bond acceptors (Lipinski definition) is 6. The Bertz CT molecular complexity index is 1110. The van der Waals surface area contributed by atoms with Crippen molar-refractivity contribution in [2.24, 2.45) is 11.6 Å². The Labute approximate surface area is 169 Å². The number of nitrogens with one attached hydrogen (secondary N) is 2. The number of pyridine rings is 1. The van der Waals surface area contributed by atoms with Crippen molar-refractivity contribution in [2.45, 2.75) is 13.0 Å². The zero-order valence-corrected chi connectivity index (χ0v) is 16.3. The van der Waals surface area contributed by atoms with Crippen LogP contribution < -0.4 is 22.2 Å². The van der Waals surface area contributed by atoms with Gasteiger partial charge in [0.2, 0.25) is 0 Å². The van der Waals surface area contributed by atoms with Gasteiger partial charge in [0, 0.05) is 36.9 Å². The molecular weight excluding hydrogens is 364 g/mol. The average molecular weight is 388 g/mol. The molecule has 2 aromatic carbocycles. The van der Waals surface area contributed by atoms with E-state index in [1.54, 1.807) is 19.4 Å². The summed E-state index contributed by atoms with van der Waals surface area (Å²) >= 11 is 0. The van der Waals surface area contributed by atoms with Gasteiger partial charge in [0.15, 0.2) is 0 Å². The third-order valence-electron chi connectivity index (χ3n) is 4.99. The summed E-state index contributed by atoms with van der Waals surface area (Å²) in [5.41, 5.74) is 10.6. The predicted molar refractivity (Wildman–Crippen MR) is 116 cm³/mol. The molecule has 6 N–H and O–H groups in total. The summed E-state index contributed by atoms with van der Waals surface area (Å²) in [7, 11) is 1.71. The highest BCUT2D eigenvalue weighted by molar-refractivity contribution is 6.04. The number of fused-ring (bicyclic) bond motifs is 2. The number of nitrogens with zero attached hydrogens (tertiary/aromatic N) is 2. The lowest BCUT2D eigenvalue weighted by Gasteiger charge is -2.17. The molecule has 1 amide bonds. The minimum Gasteiger partial charge on any atom is -0.397 e. The van der Waals surface area contributed by atoms with Crippen LogP contribution in [-0.4, -0.2) is 29.5 Å². The van der Waals surface area contributed by atoms with Crippen molar-refractivity contribution in [3.05, 3.63) is 77.1 Å². The minimum absolute atomic E-state index is 0.175. The Balaban J connectivity index is 1.58. The van der Waals surface area contributed by atoms with Crippen LogP contribution in [0.2, 0.25) is 0 Å². The number of aromatic nitrogens is 1. The molecule has 0 spiro atoms. The van der Waals surface area contributed by atoms with E-state index in [-0.39, 0.29) is 5.91 Å². The minimum atomic E-state index is -0.175. The lowest BCUT2D eigenvalue weighted by atomic mass is 9.98. The Morgan fingerprint density at radius 1 is 1.14 bits per heavy atom. The van der Waals surface area contributed by atoms with Gasteiger partial charge in [-0.25, -0.2) is 10.8 Å². The molecule has 0 bridgehead atoms. The van der Waals surface area contributed by atoms with Crippen molar-refractivity contribution < 1.29 is 4.79 Å². The fourth-order valence-corrected chi connectivity index (χ4v) is 3.49. The number of carbonyl (C=O) groups is 1. The first kappa shape index (κ1) is 18.9. The van der Waals surface area contributed by atoms with Gasteiger partial charge >= 0.3 is 0 Å². The lowest BCUT2D eigenvalue weighted by molar-refractivity contribution is 0.102. The number of rotatable bonds is 4. The average Bonchev–Trinajstić information content (AvgIpc) is 2.72. The van der Waals surface area contributed by atoms with E-state index >= 15 is 0 Å². The number of amides is 1. The zero-order chi connectivity index (χ0) is 20.4. The van der Waals surface area contributed by atoms with E-state index in [0.717, 1.165) is 35.8 Å². The first-order chi connectivity index (χ1) is 14.0. The van der Waals surface area contributed by atoms with E-state index in [9.17, 15) is 4.79 Å². The van der Waals surface area contributed by atoms with Crippen LogP contribution in [-0.2, 0) is 13.0 Å².